The quantitative estimate of drug-likeness (QED) is 0.847. The molecule has 0 aromatic heterocycles. The fourth-order valence-electron chi connectivity index (χ4n) is 1.52. The minimum Gasteiger partial charge on any atom is -0.453 e. The minimum absolute atomic E-state index is 0.0371. The molecular formula is C13H16N2O3. The molecule has 1 aromatic carbocycles. The Hall–Kier alpha value is -2.04. The number of carbonyl (C=O) groups excluding carboxylic acids is 2. The van der Waals surface area contributed by atoms with Crippen LogP contribution in [0.5, 0.6) is 0 Å². The molecule has 5 heteroatoms. The molecule has 2 amide bonds. The van der Waals surface area contributed by atoms with E-state index in [9.17, 15) is 9.59 Å². The topological polar surface area (TPSA) is 67.4 Å². The van der Waals surface area contributed by atoms with Gasteiger partial charge >= 0.3 is 6.09 Å². The number of rotatable bonds is 4. The Morgan fingerprint density at radius 2 is 1.94 bits per heavy atom. The second-order valence-corrected chi connectivity index (χ2v) is 4.29. The van der Waals surface area contributed by atoms with Crippen LogP contribution in [0, 0.1) is 0 Å². The van der Waals surface area contributed by atoms with Crippen molar-refractivity contribution in [3.8, 4) is 0 Å². The number of carbonyl (C=O) groups is 2. The summed E-state index contributed by atoms with van der Waals surface area (Å²) in [6, 6.07) is 7.51. The summed E-state index contributed by atoms with van der Waals surface area (Å²) in [4.78, 5) is 22.6. The Kier molecular flexibility index (Phi) is 3.82. The molecule has 2 rings (SSSR count). The van der Waals surface area contributed by atoms with Crippen LogP contribution in [0.1, 0.15) is 28.8 Å². The van der Waals surface area contributed by atoms with Crippen LogP contribution in [0.25, 0.3) is 0 Å². The lowest BCUT2D eigenvalue weighted by atomic mass is 10.1. The second-order valence-electron chi connectivity index (χ2n) is 4.29. The molecule has 2 N–H and O–H groups in total. The van der Waals surface area contributed by atoms with Crippen molar-refractivity contribution in [3.63, 3.8) is 0 Å². The summed E-state index contributed by atoms with van der Waals surface area (Å²) in [5.74, 6) is -0.0371. The average molecular weight is 248 g/mol. The first-order valence-corrected chi connectivity index (χ1v) is 5.90. The number of alkyl carbamates (subject to hydrolysis) is 1. The van der Waals surface area contributed by atoms with Crippen LogP contribution in [0.4, 0.5) is 4.79 Å². The third-order valence-corrected chi connectivity index (χ3v) is 2.75. The standard InChI is InChI=1S/C13H16N2O3/c1-18-13(17)14-8-9-2-4-10(5-3-9)12(16)15-11-6-7-11/h2-5,11H,6-8H2,1H3,(H,14,17)(H,15,16). The molecule has 0 unspecified atom stereocenters. The maximum Gasteiger partial charge on any atom is 0.407 e. The summed E-state index contributed by atoms with van der Waals surface area (Å²) in [5, 5.41) is 5.50. The van der Waals surface area contributed by atoms with Crippen molar-refractivity contribution >= 4 is 12.0 Å². The van der Waals surface area contributed by atoms with Crippen LogP contribution in [-0.4, -0.2) is 25.2 Å². The van der Waals surface area contributed by atoms with E-state index in [0.717, 1.165) is 18.4 Å². The maximum absolute atomic E-state index is 11.7. The first kappa shape index (κ1) is 12.4. The van der Waals surface area contributed by atoms with Gasteiger partial charge in [0.15, 0.2) is 0 Å². The summed E-state index contributed by atoms with van der Waals surface area (Å²) in [7, 11) is 1.32. The van der Waals surface area contributed by atoms with Crippen LogP contribution in [0.3, 0.4) is 0 Å². The minimum atomic E-state index is -0.467. The molecule has 1 aliphatic rings. The van der Waals surface area contributed by atoms with Crippen molar-refractivity contribution in [1.82, 2.24) is 10.6 Å². The van der Waals surface area contributed by atoms with E-state index in [1.165, 1.54) is 7.11 Å². The molecule has 0 heterocycles. The molecule has 0 spiro atoms. The van der Waals surface area contributed by atoms with E-state index >= 15 is 0 Å². The molecule has 0 atom stereocenters. The summed E-state index contributed by atoms with van der Waals surface area (Å²) in [6.45, 7) is 0.386. The molecule has 1 fully saturated rings. The lowest BCUT2D eigenvalue weighted by Gasteiger charge is -2.06. The highest BCUT2D eigenvalue weighted by atomic mass is 16.5. The van der Waals surface area contributed by atoms with E-state index in [4.69, 9.17) is 0 Å². The molecule has 0 saturated heterocycles. The largest absolute Gasteiger partial charge is 0.453 e. The molecule has 1 aromatic rings. The number of amides is 2. The Bertz CT molecular complexity index is 438. The first-order valence-electron chi connectivity index (χ1n) is 5.90. The van der Waals surface area contributed by atoms with Crippen LogP contribution < -0.4 is 10.6 Å². The zero-order chi connectivity index (χ0) is 13.0. The van der Waals surface area contributed by atoms with Crippen LogP contribution in [0.2, 0.25) is 0 Å². The number of nitrogens with one attached hydrogen (secondary N) is 2. The molecule has 1 aliphatic carbocycles. The van der Waals surface area contributed by atoms with Gasteiger partial charge in [-0.25, -0.2) is 4.79 Å². The summed E-state index contributed by atoms with van der Waals surface area (Å²) >= 11 is 0. The van der Waals surface area contributed by atoms with E-state index in [0.29, 0.717) is 18.2 Å². The van der Waals surface area contributed by atoms with Crippen molar-refractivity contribution in [1.29, 1.82) is 0 Å². The van der Waals surface area contributed by atoms with Crippen LogP contribution >= 0.6 is 0 Å². The first-order chi connectivity index (χ1) is 8.69. The molecule has 0 aliphatic heterocycles. The molecule has 0 bridgehead atoms. The van der Waals surface area contributed by atoms with Crippen molar-refractivity contribution in [2.45, 2.75) is 25.4 Å². The van der Waals surface area contributed by atoms with Crippen molar-refractivity contribution in [2.24, 2.45) is 0 Å². The fourth-order valence-corrected chi connectivity index (χ4v) is 1.52. The van der Waals surface area contributed by atoms with Gasteiger partial charge in [-0.2, -0.15) is 0 Å². The van der Waals surface area contributed by atoms with Gasteiger partial charge in [-0.15, -0.1) is 0 Å². The van der Waals surface area contributed by atoms with Crippen LogP contribution in [-0.2, 0) is 11.3 Å². The van der Waals surface area contributed by atoms with Crippen LogP contribution in [0.15, 0.2) is 24.3 Å². The van der Waals surface area contributed by atoms with E-state index in [1.54, 1.807) is 12.1 Å². The molecule has 0 radical (unpaired) electrons. The van der Waals surface area contributed by atoms with Crippen molar-refractivity contribution in [3.05, 3.63) is 35.4 Å². The Morgan fingerprint density at radius 3 is 2.50 bits per heavy atom. The van der Waals surface area contributed by atoms with E-state index in [-0.39, 0.29) is 5.91 Å². The lowest BCUT2D eigenvalue weighted by molar-refractivity contribution is 0.0951. The monoisotopic (exact) mass is 248 g/mol. The van der Waals surface area contributed by atoms with E-state index in [2.05, 4.69) is 15.4 Å². The van der Waals surface area contributed by atoms with E-state index < -0.39 is 6.09 Å². The average Bonchev–Trinajstić information content (AvgIpc) is 3.20. The Balaban J connectivity index is 1.87. The van der Waals surface area contributed by atoms with Crippen molar-refractivity contribution < 1.29 is 14.3 Å². The lowest BCUT2D eigenvalue weighted by Crippen LogP contribution is -2.25. The van der Waals surface area contributed by atoms with Gasteiger partial charge < -0.3 is 15.4 Å². The molecule has 96 valence electrons. The van der Waals surface area contributed by atoms with Gasteiger partial charge in [0.1, 0.15) is 0 Å². The summed E-state index contributed by atoms with van der Waals surface area (Å²) in [6.07, 6.45) is 1.69. The van der Waals surface area contributed by atoms with Gasteiger partial charge in [0.25, 0.3) is 5.91 Å². The number of benzene rings is 1. The SMILES string of the molecule is COC(=O)NCc1ccc(C(=O)NC2CC2)cc1. The normalized spacial score (nSPS) is 13.8. The molecule has 1 saturated carbocycles. The highest BCUT2D eigenvalue weighted by Crippen LogP contribution is 2.19. The van der Waals surface area contributed by atoms with Gasteiger partial charge in [0.05, 0.1) is 7.11 Å². The second kappa shape index (κ2) is 5.53. The fraction of sp³-hybridized carbons (Fsp3) is 0.385. The number of hydrogen-bond donors (Lipinski definition) is 2. The predicted molar refractivity (Wildman–Crippen MR) is 66.2 cm³/mol. The van der Waals surface area contributed by atoms with Gasteiger partial charge in [0, 0.05) is 18.2 Å². The Morgan fingerprint density at radius 1 is 1.28 bits per heavy atom. The third kappa shape index (κ3) is 3.48. The third-order valence-electron chi connectivity index (χ3n) is 2.75. The number of methoxy groups -OCH3 is 1. The maximum atomic E-state index is 11.7. The highest BCUT2D eigenvalue weighted by Gasteiger charge is 2.23. The zero-order valence-electron chi connectivity index (χ0n) is 10.2. The Labute approximate surface area is 106 Å². The summed E-state index contributed by atoms with van der Waals surface area (Å²) < 4.78 is 4.47. The molecule has 18 heavy (non-hydrogen) atoms. The van der Waals surface area contributed by atoms with Crippen molar-refractivity contribution in [2.75, 3.05) is 7.11 Å². The predicted octanol–water partition coefficient (Wildman–Crippen LogP) is 1.43. The summed E-state index contributed by atoms with van der Waals surface area (Å²) in [5.41, 5.74) is 1.56. The molecule has 5 nitrogen and oxygen atoms in total. The molecular weight excluding hydrogens is 232 g/mol. The number of hydrogen-bond acceptors (Lipinski definition) is 3. The van der Waals surface area contributed by atoms with Gasteiger partial charge in [-0.1, -0.05) is 12.1 Å². The number of ether oxygens (including phenoxy) is 1. The van der Waals surface area contributed by atoms with Gasteiger partial charge in [0.2, 0.25) is 0 Å². The zero-order valence-corrected chi connectivity index (χ0v) is 10.2. The highest BCUT2D eigenvalue weighted by molar-refractivity contribution is 5.94. The van der Waals surface area contributed by atoms with Gasteiger partial charge in [-0.3, -0.25) is 4.79 Å². The van der Waals surface area contributed by atoms with E-state index in [1.807, 2.05) is 12.1 Å². The smallest absolute Gasteiger partial charge is 0.407 e. The van der Waals surface area contributed by atoms with Gasteiger partial charge in [-0.05, 0) is 30.5 Å².